The highest BCUT2D eigenvalue weighted by Crippen LogP contribution is 2.21. The number of thioether (sulfide) groups is 1. The second-order valence-electron chi connectivity index (χ2n) is 5.92. The fraction of sp³-hybridized carbons (Fsp3) is 0.294. The van der Waals surface area contributed by atoms with E-state index < -0.39 is 23.4 Å². The van der Waals surface area contributed by atoms with Gasteiger partial charge in [0, 0.05) is 5.39 Å². The highest BCUT2D eigenvalue weighted by Gasteiger charge is 2.47. The molecule has 1 aliphatic heterocycles. The highest BCUT2D eigenvalue weighted by atomic mass is 32.2. The average molecular weight is 358 g/mol. The molecule has 0 aliphatic carbocycles. The Labute approximate surface area is 149 Å². The molecule has 0 bridgehead atoms. The van der Waals surface area contributed by atoms with Crippen molar-refractivity contribution in [2.75, 3.05) is 5.75 Å². The number of fused-ring (bicyclic) bond motifs is 1. The summed E-state index contributed by atoms with van der Waals surface area (Å²) in [5.41, 5.74) is 2.23. The number of imide groups is 1. The molecule has 1 aliphatic rings. The molecule has 2 N–H and O–H groups in total. The maximum atomic E-state index is 12.2. The molecule has 1 aromatic heterocycles. The third-order valence-corrected chi connectivity index (χ3v) is 5.06. The van der Waals surface area contributed by atoms with Gasteiger partial charge in [-0.3, -0.25) is 15.0 Å². The monoisotopic (exact) mass is 358 g/mol. The van der Waals surface area contributed by atoms with Crippen LogP contribution in [0, 0.1) is 0 Å². The number of hydrogen-bond acceptors (Lipinski definition) is 5. The fourth-order valence-electron chi connectivity index (χ4n) is 2.45. The van der Waals surface area contributed by atoms with Gasteiger partial charge >= 0.3 is 6.03 Å². The molecule has 0 spiro atoms. The second-order valence-corrected chi connectivity index (χ2v) is 6.92. The van der Waals surface area contributed by atoms with Gasteiger partial charge in [0.05, 0.1) is 16.3 Å². The van der Waals surface area contributed by atoms with Crippen molar-refractivity contribution in [3.05, 3.63) is 36.4 Å². The minimum Gasteiger partial charge on any atom is -0.322 e. The minimum atomic E-state index is -0.975. The molecule has 0 unspecified atom stereocenters. The molecule has 1 saturated heterocycles. The zero-order valence-electron chi connectivity index (χ0n) is 13.9. The van der Waals surface area contributed by atoms with Crippen molar-refractivity contribution in [1.29, 1.82) is 0 Å². The van der Waals surface area contributed by atoms with E-state index in [-0.39, 0.29) is 5.75 Å². The Kier molecular flexibility index (Phi) is 4.63. The lowest BCUT2D eigenvalue weighted by Gasteiger charge is -2.19. The van der Waals surface area contributed by atoms with Crippen LogP contribution in [0.25, 0.3) is 10.9 Å². The van der Waals surface area contributed by atoms with Crippen LogP contribution in [0.3, 0.4) is 0 Å². The molecule has 1 aromatic carbocycles. The fourth-order valence-corrected chi connectivity index (χ4v) is 3.12. The number of pyridine rings is 1. The van der Waals surface area contributed by atoms with Gasteiger partial charge in [-0.2, -0.15) is 5.01 Å². The average Bonchev–Trinajstić information content (AvgIpc) is 2.83. The number of nitrogens with one attached hydrogen (secondary N) is 2. The van der Waals surface area contributed by atoms with E-state index >= 15 is 0 Å². The van der Waals surface area contributed by atoms with Crippen molar-refractivity contribution >= 4 is 40.5 Å². The predicted octanol–water partition coefficient (Wildman–Crippen LogP) is 2.08. The number of hydrazine groups is 1. The molecular formula is C17H18N4O3S. The molecule has 0 radical (unpaired) electrons. The van der Waals surface area contributed by atoms with Crippen molar-refractivity contribution < 1.29 is 14.4 Å². The number of carbonyl (C=O) groups is 3. The molecule has 3 rings (SSSR count). The molecule has 1 fully saturated rings. The maximum Gasteiger partial charge on any atom is 0.344 e. The van der Waals surface area contributed by atoms with Crippen molar-refractivity contribution in [3.8, 4) is 0 Å². The number of para-hydroxylation sites is 1. The Hall–Kier alpha value is -2.61. The largest absolute Gasteiger partial charge is 0.344 e. The summed E-state index contributed by atoms with van der Waals surface area (Å²) in [7, 11) is 0. The second kappa shape index (κ2) is 6.72. The zero-order valence-corrected chi connectivity index (χ0v) is 14.7. The first-order valence-corrected chi connectivity index (χ1v) is 8.86. The van der Waals surface area contributed by atoms with E-state index in [0.717, 1.165) is 15.9 Å². The molecule has 0 saturated carbocycles. The van der Waals surface area contributed by atoms with Crippen LogP contribution in [0.4, 0.5) is 4.79 Å². The number of amides is 4. The van der Waals surface area contributed by atoms with Gasteiger partial charge in [-0.05, 0) is 25.5 Å². The Morgan fingerprint density at radius 1 is 1.28 bits per heavy atom. The first kappa shape index (κ1) is 17.2. The van der Waals surface area contributed by atoms with E-state index in [0.29, 0.717) is 11.4 Å². The summed E-state index contributed by atoms with van der Waals surface area (Å²) in [6.45, 7) is 3.43. The molecule has 7 nitrogen and oxygen atoms in total. The third kappa shape index (κ3) is 3.43. The Bertz CT molecular complexity index is 857. The Morgan fingerprint density at radius 2 is 2.04 bits per heavy atom. The Balaban J connectivity index is 1.61. The summed E-state index contributed by atoms with van der Waals surface area (Å²) in [4.78, 5) is 40.7. The van der Waals surface area contributed by atoms with E-state index in [4.69, 9.17) is 0 Å². The minimum absolute atomic E-state index is 0.0469. The number of rotatable bonds is 5. The molecule has 8 heteroatoms. The van der Waals surface area contributed by atoms with Gasteiger partial charge < -0.3 is 5.32 Å². The lowest BCUT2D eigenvalue weighted by Crippen LogP contribution is -2.49. The van der Waals surface area contributed by atoms with E-state index in [1.807, 2.05) is 36.4 Å². The lowest BCUT2D eigenvalue weighted by molar-refractivity contribution is -0.137. The normalized spacial score (nSPS) is 20.0. The number of hydrogen-bond donors (Lipinski definition) is 2. The number of nitrogens with zero attached hydrogens (tertiary/aromatic N) is 2. The summed E-state index contributed by atoms with van der Waals surface area (Å²) in [6.07, 6.45) is 0.444. The van der Waals surface area contributed by atoms with Crippen LogP contribution in [-0.2, 0) is 9.59 Å². The van der Waals surface area contributed by atoms with Crippen LogP contribution in [0.2, 0.25) is 0 Å². The molecule has 2 aromatic rings. The smallest absolute Gasteiger partial charge is 0.322 e. The molecule has 4 amide bonds. The van der Waals surface area contributed by atoms with Gasteiger partial charge in [-0.1, -0.05) is 43.0 Å². The number of benzene rings is 1. The van der Waals surface area contributed by atoms with Crippen LogP contribution >= 0.6 is 11.8 Å². The van der Waals surface area contributed by atoms with E-state index in [1.165, 1.54) is 11.8 Å². The van der Waals surface area contributed by atoms with Gasteiger partial charge in [0.1, 0.15) is 5.54 Å². The van der Waals surface area contributed by atoms with Crippen molar-refractivity contribution in [2.45, 2.75) is 30.8 Å². The van der Waals surface area contributed by atoms with Gasteiger partial charge in [-0.25, -0.2) is 9.78 Å². The Morgan fingerprint density at radius 3 is 2.76 bits per heavy atom. The summed E-state index contributed by atoms with van der Waals surface area (Å²) in [5.74, 6) is -0.850. The molecule has 2 heterocycles. The van der Waals surface area contributed by atoms with Crippen molar-refractivity contribution in [2.24, 2.45) is 0 Å². The van der Waals surface area contributed by atoms with Crippen LogP contribution in [-0.4, -0.2) is 39.1 Å². The van der Waals surface area contributed by atoms with E-state index in [1.54, 1.807) is 13.8 Å². The van der Waals surface area contributed by atoms with E-state index in [2.05, 4.69) is 15.7 Å². The molecule has 25 heavy (non-hydrogen) atoms. The third-order valence-electron chi connectivity index (χ3n) is 4.13. The van der Waals surface area contributed by atoms with Crippen LogP contribution in [0.15, 0.2) is 41.4 Å². The number of aromatic nitrogens is 1. The van der Waals surface area contributed by atoms with Gasteiger partial charge in [0.15, 0.2) is 0 Å². The lowest BCUT2D eigenvalue weighted by atomic mass is 10.00. The summed E-state index contributed by atoms with van der Waals surface area (Å²) >= 11 is 1.24. The molecule has 130 valence electrons. The summed E-state index contributed by atoms with van der Waals surface area (Å²) in [5, 5.41) is 5.05. The summed E-state index contributed by atoms with van der Waals surface area (Å²) in [6, 6.07) is 10.9. The number of urea groups is 1. The standard InChI is InChI=1S/C17H18N4O3S/c1-3-17(2)15(23)21(16(24)19-17)20-13(22)10-25-14-9-8-11-6-4-5-7-12(11)18-14/h4-9H,3,10H2,1-2H3,(H,19,24)(H,20,22)/t17-/m0/s1. The van der Waals surface area contributed by atoms with Gasteiger partial charge in [0.2, 0.25) is 5.91 Å². The molecule has 1 atom stereocenters. The van der Waals surface area contributed by atoms with Crippen molar-refractivity contribution in [3.63, 3.8) is 0 Å². The van der Waals surface area contributed by atoms with Gasteiger partial charge in [0.25, 0.3) is 5.91 Å². The van der Waals surface area contributed by atoms with Gasteiger partial charge in [-0.15, -0.1) is 0 Å². The number of carbonyl (C=O) groups excluding carboxylic acids is 3. The van der Waals surface area contributed by atoms with E-state index in [9.17, 15) is 14.4 Å². The highest BCUT2D eigenvalue weighted by molar-refractivity contribution is 7.99. The summed E-state index contributed by atoms with van der Waals surface area (Å²) < 4.78 is 0. The zero-order chi connectivity index (χ0) is 18.0. The maximum absolute atomic E-state index is 12.2. The quantitative estimate of drug-likeness (QED) is 0.631. The van der Waals surface area contributed by atoms with Crippen molar-refractivity contribution in [1.82, 2.24) is 20.7 Å². The van der Waals surface area contributed by atoms with Crippen LogP contribution < -0.4 is 10.7 Å². The topological polar surface area (TPSA) is 91.4 Å². The van der Waals surface area contributed by atoms with Crippen LogP contribution in [0.5, 0.6) is 0 Å². The SMILES string of the molecule is CC[C@]1(C)NC(=O)N(NC(=O)CSc2ccc3ccccc3n2)C1=O. The van der Waals surface area contributed by atoms with Crippen LogP contribution in [0.1, 0.15) is 20.3 Å². The first-order chi connectivity index (χ1) is 11.9. The first-order valence-electron chi connectivity index (χ1n) is 7.88. The molecular weight excluding hydrogens is 340 g/mol. The predicted molar refractivity (Wildman–Crippen MR) is 94.7 cm³/mol.